The van der Waals surface area contributed by atoms with E-state index >= 15 is 0 Å². The Morgan fingerprint density at radius 3 is 2.45 bits per heavy atom. The minimum atomic E-state index is -3.83. The molecule has 1 atom stereocenters. The second-order valence-corrected chi connectivity index (χ2v) is 12.6. The first-order valence-corrected chi connectivity index (χ1v) is 16.6. The van der Waals surface area contributed by atoms with Crippen LogP contribution < -0.4 is 11.0 Å². The van der Waals surface area contributed by atoms with E-state index in [1.807, 2.05) is 6.07 Å². The summed E-state index contributed by atoms with van der Waals surface area (Å²) in [4.78, 5) is 23.5. The predicted molar refractivity (Wildman–Crippen MR) is 166 cm³/mol. The monoisotopic (exact) mass is 633 g/mol. The number of nitrogens with one attached hydrogen (secondary N) is 1. The van der Waals surface area contributed by atoms with E-state index in [2.05, 4.69) is 5.32 Å². The largest absolute Gasteiger partial charge is 0.508 e. The summed E-state index contributed by atoms with van der Waals surface area (Å²) in [5.74, 6) is -0.866. The van der Waals surface area contributed by atoms with Crippen LogP contribution in [0, 0.1) is 0 Å². The van der Waals surface area contributed by atoms with Crippen molar-refractivity contribution in [3.63, 3.8) is 0 Å². The SMILES string of the molecule is CC(=O)OCc1cc([C@@H](O)CNCCCCCCCOCCCc2cccc(-n3c(O)cn(S(C)(=O)=O)c3=O)c2)ccc1O. The molecule has 0 saturated heterocycles. The maximum absolute atomic E-state index is 12.5. The van der Waals surface area contributed by atoms with Crippen molar-refractivity contribution in [2.45, 2.75) is 64.6 Å². The predicted octanol–water partition coefficient (Wildman–Crippen LogP) is 3.14. The number of hydrogen-bond acceptors (Lipinski definition) is 10. The zero-order chi connectivity index (χ0) is 32.1. The molecule has 0 radical (unpaired) electrons. The number of aliphatic hydroxyl groups is 1. The number of phenolic OH excluding ortho intramolecular Hbond substituents is 1. The van der Waals surface area contributed by atoms with E-state index in [0.717, 1.165) is 67.7 Å². The Bertz CT molecular complexity index is 1530. The van der Waals surface area contributed by atoms with Crippen LogP contribution in [-0.2, 0) is 37.3 Å². The summed E-state index contributed by atoms with van der Waals surface area (Å²) in [7, 11) is -3.83. The molecule has 13 heteroatoms. The number of rotatable bonds is 19. The molecular formula is C31H43N3O9S. The molecule has 0 aliphatic rings. The van der Waals surface area contributed by atoms with Gasteiger partial charge in [0.2, 0.25) is 15.9 Å². The quantitative estimate of drug-likeness (QED) is 0.114. The fourth-order valence-corrected chi connectivity index (χ4v) is 5.33. The Kier molecular flexibility index (Phi) is 13.5. The van der Waals surface area contributed by atoms with Crippen molar-refractivity contribution in [2.24, 2.45) is 0 Å². The van der Waals surface area contributed by atoms with E-state index in [4.69, 9.17) is 9.47 Å². The van der Waals surface area contributed by atoms with Crippen molar-refractivity contribution in [1.29, 1.82) is 0 Å². The second-order valence-electron chi connectivity index (χ2n) is 10.7. The van der Waals surface area contributed by atoms with E-state index in [1.165, 1.54) is 13.0 Å². The third-order valence-electron chi connectivity index (χ3n) is 7.02. The summed E-state index contributed by atoms with van der Waals surface area (Å²) >= 11 is 0. The molecule has 12 nitrogen and oxygen atoms in total. The molecule has 0 fully saturated rings. The van der Waals surface area contributed by atoms with Crippen molar-refractivity contribution >= 4 is 16.0 Å². The lowest BCUT2D eigenvalue weighted by atomic mass is 10.1. The highest BCUT2D eigenvalue weighted by molar-refractivity contribution is 7.89. The van der Waals surface area contributed by atoms with Gasteiger partial charge in [-0.3, -0.25) is 4.79 Å². The van der Waals surface area contributed by atoms with E-state index in [-0.39, 0.29) is 12.4 Å². The van der Waals surface area contributed by atoms with Crippen LogP contribution in [0.25, 0.3) is 5.69 Å². The number of phenols is 1. The fourth-order valence-electron chi connectivity index (χ4n) is 4.67. The summed E-state index contributed by atoms with van der Waals surface area (Å²) in [5, 5.41) is 33.7. The van der Waals surface area contributed by atoms with Crippen molar-refractivity contribution in [3.8, 4) is 17.3 Å². The highest BCUT2D eigenvalue weighted by atomic mass is 32.2. The second kappa shape index (κ2) is 17.0. The van der Waals surface area contributed by atoms with Crippen LogP contribution in [0.5, 0.6) is 11.6 Å². The van der Waals surface area contributed by atoms with Crippen molar-refractivity contribution < 1.29 is 38.0 Å². The first-order chi connectivity index (χ1) is 21.0. The number of benzene rings is 2. The van der Waals surface area contributed by atoms with Crippen molar-refractivity contribution in [2.75, 3.05) is 32.6 Å². The van der Waals surface area contributed by atoms with Crippen LogP contribution in [0.4, 0.5) is 0 Å². The highest BCUT2D eigenvalue weighted by Gasteiger charge is 2.18. The van der Waals surface area contributed by atoms with Gasteiger partial charge in [0.05, 0.1) is 24.2 Å². The van der Waals surface area contributed by atoms with Crippen molar-refractivity contribution in [1.82, 2.24) is 13.9 Å². The number of carbonyl (C=O) groups is 1. The summed E-state index contributed by atoms with van der Waals surface area (Å²) in [6.07, 6.45) is 7.73. The number of carbonyl (C=O) groups excluding carboxylic acids is 1. The minimum absolute atomic E-state index is 0.0205. The van der Waals surface area contributed by atoms with Gasteiger partial charge in [-0.1, -0.05) is 37.5 Å². The molecule has 44 heavy (non-hydrogen) atoms. The molecule has 242 valence electrons. The zero-order valence-electron chi connectivity index (χ0n) is 25.3. The van der Waals surface area contributed by atoms with Gasteiger partial charge in [-0.25, -0.2) is 17.8 Å². The van der Waals surface area contributed by atoms with Crippen LogP contribution in [-0.4, -0.2) is 70.8 Å². The van der Waals surface area contributed by atoms with E-state index < -0.39 is 33.7 Å². The minimum Gasteiger partial charge on any atom is -0.508 e. The number of aromatic hydroxyl groups is 2. The van der Waals surface area contributed by atoms with Crippen LogP contribution in [0.1, 0.15) is 68.2 Å². The lowest BCUT2D eigenvalue weighted by Gasteiger charge is -2.14. The highest BCUT2D eigenvalue weighted by Crippen LogP contribution is 2.23. The lowest BCUT2D eigenvalue weighted by molar-refractivity contribution is -0.142. The Morgan fingerprint density at radius 2 is 1.73 bits per heavy atom. The van der Waals surface area contributed by atoms with Gasteiger partial charge in [-0.15, -0.1) is 0 Å². The average Bonchev–Trinajstić information content (AvgIpc) is 3.29. The molecule has 0 spiro atoms. The number of aromatic nitrogens is 2. The smallest absolute Gasteiger partial charge is 0.349 e. The van der Waals surface area contributed by atoms with Crippen LogP contribution in [0.15, 0.2) is 53.5 Å². The van der Waals surface area contributed by atoms with Gasteiger partial charge < -0.3 is 30.1 Å². The standard InChI is InChI=1S/C31H43N3O9S/c1-23(35)43-22-26-19-25(13-14-28(26)36)29(37)20-32-15-6-4-3-5-7-16-42-17-9-11-24-10-8-12-27(18-24)34-30(38)21-33(31(34)39)44(2,40)41/h8,10,12-14,18-19,21,29,32,36-38H,3-7,9,11,15-17,20,22H2,1-2H3/t29-/m0/s1. The Morgan fingerprint density at radius 1 is 1.00 bits per heavy atom. The third kappa shape index (κ3) is 10.8. The number of esters is 1. The van der Waals surface area contributed by atoms with E-state index in [0.29, 0.717) is 47.0 Å². The van der Waals surface area contributed by atoms with Gasteiger partial charge in [-0.2, -0.15) is 3.97 Å². The van der Waals surface area contributed by atoms with Crippen LogP contribution >= 0.6 is 0 Å². The molecule has 3 rings (SSSR count). The van der Waals surface area contributed by atoms with Crippen LogP contribution in [0.2, 0.25) is 0 Å². The molecule has 4 N–H and O–H groups in total. The molecule has 0 bridgehead atoms. The summed E-state index contributed by atoms with van der Waals surface area (Å²) in [6, 6.07) is 11.8. The molecular weight excluding hydrogens is 590 g/mol. The number of aliphatic hydroxyl groups excluding tert-OH is 1. The van der Waals surface area contributed by atoms with Gasteiger partial charge in [0, 0.05) is 32.2 Å². The average molecular weight is 634 g/mol. The molecule has 0 aliphatic heterocycles. The fraction of sp³-hybridized carbons (Fsp3) is 0.484. The van der Waals surface area contributed by atoms with Gasteiger partial charge in [-0.05, 0) is 67.6 Å². The number of hydrogen-bond donors (Lipinski definition) is 4. The summed E-state index contributed by atoms with van der Waals surface area (Å²) in [5.41, 5.74) is 1.58. The number of imidazole rings is 1. The third-order valence-corrected chi connectivity index (χ3v) is 8.00. The van der Waals surface area contributed by atoms with Crippen LogP contribution in [0.3, 0.4) is 0 Å². The lowest BCUT2D eigenvalue weighted by Crippen LogP contribution is -2.27. The number of nitrogens with zero attached hydrogens (tertiary/aromatic N) is 2. The molecule has 0 aliphatic carbocycles. The molecule has 0 saturated carbocycles. The summed E-state index contributed by atoms with van der Waals surface area (Å²) < 4.78 is 35.7. The van der Waals surface area contributed by atoms with Gasteiger partial charge in [0.15, 0.2) is 0 Å². The normalized spacial score (nSPS) is 12.3. The number of aryl methyl sites for hydroxylation is 1. The van der Waals surface area contributed by atoms with Gasteiger partial charge >= 0.3 is 11.7 Å². The van der Waals surface area contributed by atoms with Crippen molar-refractivity contribution in [3.05, 3.63) is 75.8 Å². The Balaban J connectivity index is 1.23. The molecule has 3 aromatic rings. The maximum atomic E-state index is 12.5. The first kappa shape index (κ1) is 34.8. The number of unbranched alkanes of at least 4 members (excludes halogenated alkanes) is 4. The Hall–Kier alpha value is -3.65. The molecule has 1 aromatic heterocycles. The van der Waals surface area contributed by atoms with E-state index in [1.54, 1.807) is 30.3 Å². The van der Waals surface area contributed by atoms with Gasteiger partial charge in [0.25, 0.3) is 0 Å². The maximum Gasteiger partial charge on any atom is 0.349 e. The first-order valence-electron chi connectivity index (χ1n) is 14.7. The molecule has 1 heterocycles. The topological polar surface area (TPSA) is 169 Å². The molecule has 0 amide bonds. The van der Waals surface area contributed by atoms with E-state index in [9.17, 15) is 33.3 Å². The van der Waals surface area contributed by atoms with Gasteiger partial charge in [0.1, 0.15) is 12.4 Å². The number of ether oxygens (including phenoxy) is 2. The molecule has 0 unspecified atom stereocenters. The Labute approximate surface area is 257 Å². The summed E-state index contributed by atoms with van der Waals surface area (Å²) in [6.45, 7) is 3.70. The zero-order valence-corrected chi connectivity index (χ0v) is 26.1. The molecule has 2 aromatic carbocycles.